The molecule has 2 aromatic carbocycles. The van der Waals surface area contributed by atoms with Gasteiger partial charge in [0.2, 0.25) is 0 Å². The molecule has 3 saturated carbocycles. The lowest BCUT2D eigenvalue weighted by Gasteiger charge is -2.22. The van der Waals surface area contributed by atoms with Crippen LogP contribution in [-0.4, -0.2) is 26.0 Å². The van der Waals surface area contributed by atoms with Crippen molar-refractivity contribution in [1.29, 1.82) is 0 Å². The first kappa shape index (κ1) is 26.5. The second-order valence-electron chi connectivity index (χ2n) is 11.5. The fourth-order valence-electron chi connectivity index (χ4n) is 6.47. The highest BCUT2D eigenvalue weighted by atomic mass is 19.1. The molecule has 8 rings (SSSR count). The Kier molecular flexibility index (Phi) is 7.10. The van der Waals surface area contributed by atoms with E-state index in [-0.39, 0.29) is 5.82 Å². The Balaban J connectivity index is 0.000000694. The maximum absolute atomic E-state index is 15.2. The highest BCUT2D eigenvalue weighted by molar-refractivity contribution is 5.76. The van der Waals surface area contributed by atoms with Gasteiger partial charge in [0.25, 0.3) is 0 Å². The summed E-state index contributed by atoms with van der Waals surface area (Å²) in [5, 5.41) is 3.49. The van der Waals surface area contributed by atoms with Crippen LogP contribution in [0.2, 0.25) is 0 Å². The molecule has 6 heteroatoms. The Morgan fingerprint density at radius 3 is 2.40 bits per heavy atom. The fourth-order valence-corrected chi connectivity index (χ4v) is 6.47. The number of fused-ring (bicyclic) bond motifs is 4. The summed E-state index contributed by atoms with van der Waals surface area (Å²) in [6.45, 7) is 6.93. The summed E-state index contributed by atoms with van der Waals surface area (Å²) in [5.74, 6) is 5.06. The molecule has 3 N–H and O–H groups in total. The number of halogens is 1. The van der Waals surface area contributed by atoms with Crippen LogP contribution < -0.4 is 5.32 Å². The normalized spacial score (nSPS) is 24.6. The van der Waals surface area contributed by atoms with Crippen LogP contribution in [0.3, 0.4) is 0 Å². The van der Waals surface area contributed by atoms with Crippen molar-refractivity contribution in [3.63, 3.8) is 0 Å². The smallest absolute Gasteiger partial charge is 0.133 e. The molecule has 4 aliphatic carbocycles. The molecule has 2 unspecified atom stereocenters. The van der Waals surface area contributed by atoms with Crippen LogP contribution in [0.5, 0.6) is 0 Å². The van der Waals surface area contributed by atoms with Gasteiger partial charge in [0, 0.05) is 28.8 Å². The quantitative estimate of drug-likeness (QED) is 0.228. The van der Waals surface area contributed by atoms with Gasteiger partial charge in [0.15, 0.2) is 0 Å². The van der Waals surface area contributed by atoms with Gasteiger partial charge in [-0.1, -0.05) is 45.0 Å². The molecule has 0 spiro atoms. The predicted octanol–water partition coefficient (Wildman–Crippen LogP) is 7.27. The van der Waals surface area contributed by atoms with Gasteiger partial charge in [0.05, 0.1) is 24.1 Å². The lowest BCUT2D eigenvalue weighted by Crippen LogP contribution is -2.17. The Bertz CT molecular complexity index is 1540. The number of H-pyrrole nitrogens is 2. The number of hydrogen-bond donors (Lipinski definition) is 3. The van der Waals surface area contributed by atoms with Crippen molar-refractivity contribution in [2.75, 3.05) is 0 Å². The fraction of sp³-hybridized carbons (Fsp3) is 0.412. The van der Waals surface area contributed by atoms with Crippen molar-refractivity contribution in [3.8, 4) is 46.5 Å². The molecule has 0 saturated heterocycles. The third kappa shape index (κ3) is 4.77. The number of hydrogen-bond acceptors (Lipinski definition) is 3. The van der Waals surface area contributed by atoms with Gasteiger partial charge in [-0.25, -0.2) is 14.4 Å². The standard InChI is InChI=1S/C30H30FN5.C2H6.C2H2/c1-15-8-26(15)32-14-28-33-13-27(34-28)21-6-3-17(12-24(21)31)16-2-5-20-18(9-16)4-7-25-29(20)36-30(35-25)23-11-19-10-22(19)23;2*1-2/h2-3,5-6,9,12-13,15,19,22-23,26,32H,4,7-8,10-11,14H2,1H3,(H,33,34)(H,35,36);1-2H3;1-2H/t15?,19-,22?,23-,26-;;/m1../s1. The van der Waals surface area contributed by atoms with Gasteiger partial charge in [0.1, 0.15) is 17.5 Å². The molecule has 206 valence electrons. The molecule has 5 nitrogen and oxygen atoms in total. The maximum Gasteiger partial charge on any atom is 0.133 e. The topological polar surface area (TPSA) is 69.4 Å². The zero-order valence-corrected chi connectivity index (χ0v) is 23.6. The summed E-state index contributed by atoms with van der Waals surface area (Å²) in [4.78, 5) is 16.4. The number of aromatic amines is 2. The molecule has 2 aromatic heterocycles. The highest BCUT2D eigenvalue weighted by Crippen LogP contribution is 2.63. The van der Waals surface area contributed by atoms with Crippen molar-refractivity contribution >= 4 is 0 Å². The van der Waals surface area contributed by atoms with Crippen molar-refractivity contribution in [3.05, 3.63) is 71.3 Å². The molecule has 4 aliphatic rings. The minimum Gasteiger partial charge on any atom is -0.345 e. The minimum atomic E-state index is -0.234. The van der Waals surface area contributed by atoms with E-state index in [0.717, 1.165) is 58.9 Å². The van der Waals surface area contributed by atoms with Crippen LogP contribution in [0.15, 0.2) is 42.6 Å². The van der Waals surface area contributed by atoms with E-state index in [1.54, 1.807) is 12.3 Å². The van der Waals surface area contributed by atoms with E-state index in [1.165, 1.54) is 41.9 Å². The molecule has 3 fully saturated rings. The van der Waals surface area contributed by atoms with Gasteiger partial charge in [-0.3, -0.25) is 0 Å². The van der Waals surface area contributed by atoms with Crippen LogP contribution in [0.1, 0.15) is 68.9 Å². The first-order chi connectivity index (χ1) is 19.6. The van der Waals surface area contributed by atoms with E-state index in [4.69, 9.17) is 4.98 Å². The van der Waals surface area contributed by atoms with Crippen LogP contribution in [-0.2, 0) is 19.4 Å². The predicted molar refractivity (Wildman–Crippen MR) is 159 cm³/mol. The number of imidazole rings is 2. The van der Waals surface area contributed by atoms with Gasteiger partial charge >= 0.3 is 0 Å². The number of benzene rings is 2. The van der Waals surface area contributed by atoms with Crippen LogP contribution in [0.25, 0.3) is 33.6 Å². The molecule has 0 aliphatic heterocycles. The second-order valence-corrected chi connectivity index (χ2v) is 11.5. The monoisotopic (exact) mass is 535 g/mol. The SMILES string of the molecule is C#C.CC.CC1C[C@H]1NCc1ncc(-c2ccc(-c3ccc4c(c3)CCc3[nH]c([C@@H]5C[C@H]6CC65)nc3-4)cc2F)[nH]1. The van der Waals surface area contributed by atoms with Gasteiger partial charge in [-0.05, 0) is 78.7 Å². The average Bonchev–Trinajstić information content (AvgIpc) is 3.66. The molecular weight excluding hydrogens is 497 g/mol. The first-order valence-electron chi connectivity index (χ1n) is 14.7. The van der Waals surface area contributed by atoms with Gasteiger partial charge in [-0.15, -0.1) is 12.8 Å². The van der Waals surface area contributed by atoms with E-state index in [9.17, 15) is 0 Å². The van der Waals surface area contributed by atoms with E-state index >= 15 is 4.39 Å². The molecule has 5 atom stereocenters. The summed E-state index contributed by atoms with van der Waals surface area (Å²) in [5.41, 5.74) is 8.15. The minimum absolute atomic E-state index is 0.234. The first-order valence-corrected chi connectivity index (χ1v) is 14.7. The number of nitrogens with one attached hydrogen (secondary N) is 3. The second kappa shape index (κ2) is 10.7. The zero-order chi connectivity index (χ0) is 28.0. The Labute approximate surface area is 236 Å². The summed E-state index contributed by atoms with van der Waals surface area (Å²) in [6, 6.07) is 12.6. The van der Waals surface area contributed by atoms with Crippen LogP contribution in [0, 0.1) is 36.4 Å². The van der Waals surface area contributed by atoms with Crippen molar-refractivity contribution in [1.82, 2.24) is 25.3 Å². The van der Waals surface area contributed by atoms with Crippen molar-refractivity contribution < 1.29 is 4.39 Å². The van der Waals surface area contributed by atoms with E-state index < -0.39 is 0 Å². The molecule has 2 heterocycles. The molecule has 0 amide bonds. The third-order valence-corrected chi connectivity index (χ3v) is 9.07. The summed E-state index contributed by atoms with van der Waals surface area (Å²) in [6.07, 6.45) is 15.6. The molecule has 40 heavy (non-hydrogen) atoms. The van der Waals surface area contributed by atoms with E-state index in [2.05, 4.69) is 58.2 Å². The lowest BCUT2D eigenvalue weighted by atomic mass is 9.85. The van der Waals surface area contributed by atoms with Gasteiger partial charge < -0.3 is 15.3 Å². The maximum atomic E-state index is 15.2. The summed E-state index contributed by atoms with van der Waals surface area (Å²) in [7, 11) is 0. The lowest BCUT2D eigenvalue weighted by molar-refractivity contribution is 0.374. The number of terminal acetylenes is 1. The molecule has 0 radical (unpaired) electrons. The average molecular weight is 536 g/mol. The third-order valence-electron chi connectivity index (χ3n) is 9.07. The molecular formula is C34H38FN5. The number of nitrogens with zero attached hydrogens (tertiary/aromatic N) is 2. The highest BCUT2D eigenvalue weighted by Gasteiger charge is 2.55. The summed E-state index contributed by atoms with van der Waals surface area (Å²) >= 11 is 0. The molecule has 4 aromatic rings. The van der Waals surface area contributed by atoms with E-state index in [0.29, 0.717) is 24.1 Å². The Hall–Kier alpha value is -3.69. The Morgan fingerprint density at radius 1 is 0.975 bits per heavy atom. The van der Waals surface area contributed by atoms with Gasteiger partial charge in [-0.2, -0.15) is 0 Å². The van der Waals surface area contributed by atoms with Crippen LogP contribution >= 0.6 is 0 Å². The van der Waals surface area contributed by atoms with Crippen molar-refractivity contribution in [2.24, 2.45) is 17.8 Å². The number of rotatable bonds is 6. The summed E-state index contributed by atoms with van der Waals surface area (Å²) < 4.78 is 15.2. The van der Waals surface area contributed by atoms with Crippen LogP contribution in [0.4, 0.5) is 4.39 Å². The van der Waals surface area contributed by atoms with E-state index in [1.807, 2.05) is 26.0 Å². The molecule has 0 bridgehead atoms. The number of aryl methyl sites for hydroxylation is 2. The Morgan fingerprint density at radius 2 is 1.73 bits per heavy atom. The largest absolute Gasteiger partial charge is 0.345 e. The number of aromatic nitrogens is 4. The van der Waals surface area contributed by atoms with Crippen molar-refractivity contribution in [2.45, 2.75) is 71.4 Å². The zero-order valence-electron chi connectivity index (χ0n) is 23.6.